The van der Waals surface area contributed by atoms with Crippen molar-refractivity contribution in [1.82, 2.24) is 4.98 Å². The van der Waals surface area contributed by atoms with E-state index in [0.717, 1.165) is 25.6 Å². The van der Waals surface area contributed by atoms with Crippen LogP contribution in [-0.4, -0.2) is 12.1 Å². The predicted molar refractivity (Wildman–Crippen MR) is 63.7 cm³/mol. The van der Waals surface area contributed by atoms with E-state index < -0.39 is 0 Å². The van der Waals surface area contributed by atoms with E-state index >= 15 is 0 Å². The van der Waals surface area contributed by atoms with Gasteiger partial charge in [0.1, 0.15) is 10.4 Å². The van der Waals surface area contributed by atoms with Crippen LogP contribution in [0.3, 0.4) is 0 Å². The second-order valence-electron chi connectivity index (χ2n) is 2.78. The molecule has 0 radical (unpaired) electrons. The molecule has 2 nitrogen and oxygen atoms in total. The summed E-state index contributed by atoms with van der Waals surface area (Å²) in [5.74, 6) is 0.822. The summed E-state index contributed by atoms with van der Waals surface area (Å²) in [6, 6.07) is 5.90. The lowest BCUT2D eigenvalue weighted by molar-refractivity contribution is 0.419. The first-order valence-corrected chi connectivity index (χ1v) is 5.59. The Morgan fingerprint density at radius 1 is 1.29 bits per heavy atom. The number of ether oxygens (including phenoxy) is 1. The van der Waals surface area contributed by atoms with Gasteiger partial charge in [-0.3, -0.25) is 0 Å². The van der Waals surface area contributed by atoms with Gasteiger partial charge in [0.05, 0.1) is 12.5 Å². The Bertz CT molecular complexity index is 485. The van der Waals surface area contributed by atoms with Gasteiger partial charge in [-0.1, -0.05) is 12.1 Å². The zero-order valence-corrected chi connectivity index (χ0v) is 10.6. The summed E-state index contributed by atoms with van der Waals surface area (Å²) in [5.41, 5.74) is 0. The molecule has 0 amide bonds. The SMILES string of the molecule is COc1cccc2c(Br)cnc(Br)c12. The second-order valence-corrected chi connectivity index (χ2v) is 4.39. The zero-order chi connectivity index (χ0) is 10.1. The number of halogens is 2. The molecule has 4 heteroatoms. The van der Waals surface area contributed by atoms with E-state index in [1.165, 1.54) is 0 Å². The van der Waals surface area contributed by atoms with Crippen LogP contribution in [0.1, 0.15) is 0 Å². The fourth-order valence-corrected chi connectivity index (χ4v) is 2.30. The van der Waals surface area contributed by atoms with Gasteiger partial charge in [0.2, 0.25) is 0 Å². The molecule has 0 aliphatic heterocycles. The standard InChI is InChI=1S/C10H7Br2NO/c1-14-8-4-2-3-6-7(11)5-13-10(12)9(6)8/h2-5H,1H3. The van der Waals surface area contributed by atoms with Crippen LogP contribution in [0.25, 0.3) is 10.8 Å². The highest BCUT2D eigenvalue weighted by Crippen LogP contribution is 2.34. The van der Waals surface area contributed by atoms with Crippen molar-refractivity contribution in [2.45, 2.75) is 0 Å². The quantitative estimate of drug-likeness (QED) is 0.747. The van der Waals surface area contributed by atoms with Gasteiger partial charge in [-0.15, -0.1) is 0 Å². The van der Waals surface area contributed by atoms with Crippen LogP contribution < -0.4 is 4.74 Å². The van der Waals surface area contributed by atoms with Crippen molar-refractivity contribution >= 4 is 42.6 Å². The van der Waals surface area contributed by atoms with E-state index in [4.69, 9.17) is 4.74 Å². The maximum absolute atomic E-state index is 5.27. The molecule has 0 aliphatic carbocycles. The van der Waals surface area contributed by atoms with Gasteiger partial charge < -0.3 is 4.74 Å². The maximum Gasteiger partial charge on any atom is 0.129 e. The fourth-order valence-electron chi connectivity index (χ4n) is 1.36. The van der Waals surface area contributed by atoms with E-state index in [-0.39, 0.29) is 0 Å². The maximum atomic E-state index is 5.27. The van der Waals surface area contributed by atoms with Gasteiger partial charge in [-0.25, -0.2) is 4.98 Å². The zero-order valence-electron chi connectivity index (χ0n) is 7.42. The average Bonchev–Trinajstić information content (AvgIpc) is 2.23. The topological polar surface area (TPSA) is 22.1 Å². The third-order valence-corrected chi connectivity index (χ3v) is 3.23. The van der Waals surface area contributed by atoms with Gasteiger partial charge in [0.15, 0.2) is 0 Å². The van der Waals surface area contributed by atoms with E-state index in [0.29, 0.717) is 0 Å². The van der Waals surface area contributed by atoms with Crippen LogP contribution >= 0.6 is 31.9 Å². The van der Waals surface area contributed by atoms with Crippen LogP contribution in [0.2, 0.25) is 0 Å². The number of nitrogens with zero attached hydrogens (tertiary/aromatic N) is 1. The molecule has 0 spiro atoms. The largest absolute Gasteiger partial charge is 0.496 e. The van der Waals surface area contributed by atoms with Gasteiger partial charge in [-0.2, -0.15) is 0 Å². The first-order chi connectivity index (χ1) is 6.74. The summed E-state index contributed by atoms with van der Waals surface area (Å²) < 4.78 is 7.04. The van der Waals surface area contributed by atoms with Gasteiger partial charge in [0, 0.05) is 16.1 Å². The number of aromatic nitrogens is 1. The smallest absolute Gasteiger partial charge is 0.129 e. The highest BCUT2D eigenvalue weighted by atomic mass is 79.9. The Morgan fingerprint density at radius 3 is 2.79 bits per heavy atom. The highest BCUT2D eigenvalue weighted by molar-refractivity contribution is 9.11. The lowest BCUT2D eigenvalue weighted by Crippen LogP contribution is -1.88. The van der Waals surface area contributed by atoms with Crippen LogP contribution in [0.4, 0.5) is 0 Å². The van der Waals surface area contributed by atoms with E-state index in [1.807, 2.05) is 18.2 Å². The first kappa shape index (κ1) is 9.93. The first-order valence-electron chi connectivity index (χ1n) is 4.00. The molecule has 0 bridgehead atoms. The molecule has 0 aliphatic rings. The second kappa shape index (κ2) is 3.87. The molecule has 0 atom stereocenters. The van der Waals surface area contributed by atoms with Gasteiger partial charge >= 0.3 is 0 Å². The summed E-state index contributed by atoms with van der Waals surface area (Å²) >= 11 is 6.87. The third kappa shape index (κ3) is 1.53. The third-order valence-electron chi connectivity index (χ3n) is 2.00. The molecule has 0 unspecified atom stereocenters. The van der Waals surface area contributed by atoms with Crippen LogP contribution in [-0.2, 0) is 0 Å². The minimum Gasteiger partial charge on any atom is -0.496 e. The van der Waals surface area contributed by atoms with Crippen molar-refractivity contribution in [2.75, 3.05) is 7.11 Å². The van der Waals surface area contributed by atoms with Gasteiger partial charge in [-0.05, 0) is 37.9 Å². The van der Waals surface area contributed by atoms with E-state index in [2.05, 4.69) is 36.8 Å². The molecule has 0 saturated heterocycles. The molecule has 0 N–H and O–H groups in total. The summed E-state index contributed by atoms with van der Waals surface area (Å²) in [4.78, 5) is 4.21. The van der Waals surface area contributed by atoms with Crippen molar-refractivity contribution in [3.8, 4) is 5.75 Å². The number of fused-ring (bicyclic) bond motifs is 1. The molecule has 1 heterocycles. The minimum atomic E-state index is 0.799. The van der Waals surface area contributed by atoms with Crippen molar-refractivity contribution in [2.24, 2.45) is 0 Å². The molecule has 14 heavy (non-hydrogen) atoms. The molecule has 1 aromatic heterocycles. The molecule has 1 aromatic carbocycles. The molecular formula is C10H7Br2NO. The molecule has 0 saturated carbocycles. The minimum absolute atomic E-state index is 0.799. The van der Waals surface area contributed by atoms with Crippen molar-refractivity contribution < 1.29 is 4.74 Å². The Labute approximate surface area is 98.5 Å². The fraction of sp³-hybridized carbons (Fsp3) is 0.100. The monoisotopic (exact) mass is 315 g/mol. The lowest BCUT2D eigenvalue weighted by atomic mass is 10.1. The molecule has 72 valence electrons. The Morgan fingerprint density at radius 2 is 2.07 bits per heavy atom. The van der Waals surface area contributed by atoms with Crippen molar-refractivity contribution in [1.29, 1.82) is 0 Å². The number of methoxy groups -OCH3 is 1. The Balaban J connectivity index is 2.92. The Kier molecular flexibility index (Phi) is 2.74. The molecule has 2 rings (SSSR count). The predicted octanol–water partition coefficient (Wildman–Crippen LogP) is 3.77. The summed E-state index contributed by atoms with van der Waals surface area (Å²) in [7, 11) is 1.65. The summed E-state index contributed by atoms with van der Waals surface area (Å²) in [5, 5.41) is 2.08. The van der Waals surface area contributed by atoms with Gasteiger partial charge in [0.25, 0.3) is 0 Å². The number of rotatable bonds is 1. The van der Waals surface area contributed by atoms with Crippen molar-refractivity contribution in [3.63, 3.8) is 0 Å². The number of hydrogen-bond donors (Lipinski definition) is 0. The normalized spacial score (nSPS) is 10.5. The van der Waals surface area contributed by atoms with Crippen LogP contribution in [0.15, 0.2) is 33.5 Å². The van der Waals surface area contributed by atoms with E-state index in [9.17, 15) is 0 Å². The molecule has 2 aromatic rings. The average molecular weight is 317 g/mol. The number of benzene rings is 1. The van der Waals surface area contributed by atoms with Crippen LogP contribution in [0, 0.1) is 0 Å². The molecular weight excluding hydrogens is 310 g/mol. The Hall–Kier alpha value is -0.610. The highest BCUT2D eigenvalue weighted by Gasteiger charge is 2.08. The molecule has 0 fully saturated rings. The summed E-state index contributed by atoms with van der Waals surface area (Å²) in [6.45, 7) is 0. The van der Waals surface area contributed by atoms with E-state index in [1.54, 1.807) is 13.3 Å². The summed E-state index contributed by atoms with van der Waals surface area (Å²) in [6.07, 6.45) is 1.77. The van der Waals surface area contributed by atoms with Crippen molar-refractivity contribution in [3.05, 3.63) is 33.5 Å². The lowest BCUT2D eigenvalue weighted by Gasteiger charge is -2.07. The van der Waals surface area contributed by atoms with Crippen LogP contribution in [0.5, 0.6) is 5.75 Å². The number of pyridine rings is 1. The number of hydrogen-bond acceptors (Lipinski definition) is 2.